The van der Waals surface area contributed by atoms with Gasteiger partial charge in [0.05, 0.1) is 6.16 Å². The van der Waals surface area contributed by atoms with Gasteiger partial charge in [-0.25, -0.2) is 4.79 Å². The molecule has 1 saturated heterocycles. The van der Waals surface area contributed by atoms with Crippen LogP contribution < -0.4 is 0 Å². The van der Waals surface area contributed by atoms with Crippen molar-refractivity contribution in [1.29, 1.82) is 0 Å². The van der Waals surface area contributed by atoms with Crippen LogP contribution in [0, 0.1) is 0 Å². The van der Waals surface area contributed by atoms with Gasteiger partial charge in [-0.2, -0.15) is 0 Å². The van der Waals surface area contributed by atoms with E-state index in [9.17, 15) is 9.36 Å². The second-order valence-corrected chi connectivity index (χ2v) is 3.70. The van der Waals surface area contributed by atoms with E-state index in [1.54, 1.807) is 6.92 Å². The van der Waals surface area contributed by atoms with Gasteiger partial charge in [-0.05, 0) is 6.92 Å². The highest BCUT2D eigenvalue weighted by Gasteiger charge is 2.29. The van der Waals surface area contributed by atoms with Gasteiger partial charge in [0.1, 0.15) is 0 Å². The summed E-state index contributed by atoms with van der Waals surface area (Å²) in [5.41, 5.74) is 0.320. The Kier molecular flexibility index (Phi) is 2.47. The minimum absolute atomic E-state index is 0.320. The first-order valence-corrected chi connectivity index (χ1v) is 4.68. The van der Waals surface area contributed by atoms with Gasteiger partial charge in [0, 0.05) is 5.57 Å². The zero-order chi connectivity index (χ0) is 8.43. The summed E-state index contributed by atoms with van der Waals surface area (Å²) in [6.45, 7) is 4.93. The van der Waals surface area contributed by atoms with Gasteiger partial charge in [-0.15, -0.1) is 0 Å². The van der Waals surface area contributed by atoms with E-state index in [1.807, 2.05) is 0 Å². The Morgan fingerprint density at radius 2 is 2.36 bits per heavy atom. The quantitative estimate of drug-likeness (QED) is 0.357. The summed E-state index contributed by atoms with van der Waals surface area (Å²) in [4.78, 5) is 10.8. The van der Waals surface area contributed by atoms with E-state index < -0.39 is 20.3 Å². The Hall–Kier alpha value is -0.600. The number of esters is 1. The van der Waals surface area contributed by atoms with Crippen LogP contribution in [0.3, 0.4) is 0 Å². The molecule has 0 aromatic rings. The Morgan fingerprint density at radius 1 is 1.82 bits per heavy atom. The second-order valence-electron chi connectivity index (χ2n) is 2.31. The van der Waals surface area contributed by atoms with E-state index >= 15 is 0 Å². The van der Waals surface area contributed by atoms with Gasteiger partial charge in [0.2, 0.25) is 14.3 Å². The van der Waals surface area contributed by atoms with Crippen molar-refractivity contribution in [3.63, 3.8) is 0 Å². The van der Waals surface area contributed by atoms with Crippen molar-refractivity contribution in [3.05, 3.63) is 12.2 Å². The lowest BCUT2D eigenvalue weighted by Crippen LogP contribution is -2.28. The van der Waals surface area contributed by atoms with E-state index in [2.05, 4.69) is 15.8 Å². The molecule has 0 bridgehead atoms. The van der Waals surface area contributed by atoms with E-state index in [0.29, 0.717) is 11.7 Å². The fourth-order valence-electron chi connectivity index (χ4n) is 0.559. The summed E-state index contributed by atoms with van der Waals surface area (Å²) in [7, 11) is -1.87. The molecule has 1 fully saturated rings. The molecule has 0 aromatic heterocycles. The lowest BCUT2D eigenvalue weighted by molar-refractivity contribution is -0.159. The third-order valence-corrected chi connectivity index (χ3v) is 2.38. The highest BCUT2D eigenvalue weighted by atomic mass is 31.1. The van der Waals surface area contributed by atoms with Gasteiger partial charge >= 0.3 is 5.97 Å². The van der Waals surface area contributed by atoms with Crippen molar-refractivity contribution < 1.29 is 18.6 Å². The van der Waals surface area contributed by atoms with Crippen LogP contribution in [0.5, 0.6) is 0 Å². The van der Waals surface area contributed by atoms with Crippen LogP contribution in [0.15, 0.2) is 12.2 Å². The maximum Gasteiger partial charge on any atom is 0.335 e. The van der Waals surface area contributed by atoms with Crippen LogP contribution in [0.25, 0.3) is 0 Å². The molecule has 0 aromatic carbocycles. The van der Waals surface area contributed by atoms with Gasteiger partial charge in [0.25, 0.3) is 0 Å². The molecule has 2 unspecified atom stereocenters. The minimum atomic E-state index is -1.87. The van der Waals surface area contributed by atoms with Crippen LogP contribution in [0.2, 0.25) is 0 Å². The topological polar surface area (TPSA) is 52.6 Å². The molecular weight excluding hydrogens is 167 g/mol. The van der Waals surface area contributed by atoms with Gasteiger partial charge in [0.15, 0.2) is 0 Å². The number of carbonyl (C=O) groups is 1. The number of hydrogen-bond acceptors (Lipinski definition) is 4. The van der Waals surface area contributed by atoms with Crippen molar-refractivity contribution in [2.75, 3.05) is 6.16 Å². The normalized spacial score (nSPS) is 28.8. The minimum Gasteiger partial charge on any atom is -0.431 e. The van der Waals surface area contributed by atoms with Crippen molar-refractivity contribution >= 4 is 14.0 Å². The molecule has 0 radical (unpaired) electrons. The molecule has 11 heavy (non-hydrogen) atoms. The molecule has 5 heteroatoms. The second kappa shape index (κ2) is 3.20. The molecule has 2 atom stereocenters. The zero-order valence-electron chi connectivity index (χ0n) is 6.12. The zero-order valence-corrected chi connectivity index (χ0v) is 7.12. The summed E-state index contributed by atoms with van der Waals surface area (Å²) >= 11 is 0. The molecular formula is C6H9O4P. The molecule has 62 valence electrons. The molecule has 0 aliphatic carbocycles. The molecule has 0 saturated carbocycles. The molecule has 0 spiro atoms. The summed E-state index contributed by atoms with van der Waals surface area (Å²) in [6, 6.07) is 0. The molecule has 1 heterocycles. The summed E-state index contributed by atoms with van der Waals surface area (Å²) in [5.74, 6) is -0.496. The van der Waals surface area contributed by atoms with Crippen molar-refractivity contribution in [2.45, 2.75) is 13.2 Å². The SMILES string of the molecule is C=C(C)C(=O)OC1C[PH](=O)O1. The fourth-order valence-corrected chi connectivity index (χ4v) is 1.24. The highest BCUT2D eigenvalue weighted by molar-refractivity contribution is 7.40. The molecule has 1 aliphatic heterocycles. The monoisotopic (exact) mass is 176 g/mol. The standard InChI is InChI=1S/C6H9O4P/c1-4(2)6(7)9-5-3-11(8)10-5/h5,11H,1,3H2,2H3. The van der Waals surface area contributed by atoms with E-state index in [-0.39, 0.29) is 0 Å². The van der Waals surface area contributed by atoms with Crippen molar-refractivity contribution in [2.24, 2.45) is 0 Å². The number of ether oxygens (including phenoxy) is 1. The Bertz CT molecular complexity index is 215. The van der Waals surface area contributed by atoms with Crippen LogP contribution in [0.1, 0.15) is 6.92 Å². The predicted octanol–water partition coefficient (Wildman–Crippen LogP) is 0.937. The van der Waals surface area contributed by atoms with Crippen LogP contribution in [-0.4, -0.2) is 18.4 Å². The fraction of sp³-hybridized carbons (Fsp3) is 0.500. The molecule has 1 rings (SSSR count). The largest absolute Gasteiger partial charge is 0.431 e. The molecule has 0 N–H and O–H groups in total. The lowest BCUT2D eigenvalue weighted by atomic mass is 10.4. The van der Waals surface area contributed by atoms with Crippen LogP contribution in [-0.2, 0) is 18.6 Å². The summed E-state index contributed by atoms with van der Waals surface area (Å²) in [5, 5.41) is 0. The summed E-state index contributed by atoms with van der Waals surface area (Å²) in [6.07, 6.45) is -0.269. The van der Waals surface area contributed by atoms with Crippen molar-refractivity contribution in [1.82, 2.24) is 0 Å². The molecule has 1 aliphatic rings. The molecule has 4 nitrogen and oxygen atoms in total. The number of carbonyl (C=O) groups excluding carboxylic acids is 1. The van der Waals surface area contributed by atoms with Gasteiger partial charge < -0.3 is 4.74 Å². The third-order valence-electron chi connectivity index (χ3n) is 1.18. The van der Waals surface area contributed by atoms with Crippen molar-refractivity contribution in [3.8, 4) is 0 Å². The Labute approximate surface area is 65.0 Å². The predicted molar refractivity (Wildman–Crippen MR) is 39.6 cm³/mol. The Morgan fingerprint density at radius 3 is 2.73 bits per heavy atom. The lowest BCUT2D eigenvalue weighted by Gasteiger charge is -2.24. The molecule has 0 amide bonds. The summed E-state index contributed by atoms with van der Waals surface area (Å²) < 4.78 is 19.7. The number of rotatable bonds is 2. The average molecular weight is 176 g/mol. The third kappa shape index (κ3) is 2.17. The van der Waals surface area contributed by atoms with Gasteiger partial charge in [-0.3, -0.25) is 9.09 Å². The van der Waals surface area contributed by atoms with E-state index in [1.165, 1.54) is 0 Å². The smallest absolute Gasteiger partial charge is 0.335 e. The van der Waals surface area contributed by atoms with E-state index in [0.717, 1.165) is 0 Å². The first kappa shape index (κ1) is 8.50. The maximum absolute atomic E-state index is 10.8. The average Bonchev–Trinajstić information content (AvgIpc) is 1.84. The maximum atomic E-state index is 10.8. The highest BCUT2D eigenvalue weighted by Crippen LogP contribution is 2.37. The number of hydrogen-bond donors (Lipinski definition) is 0. The van der Waals surface area contributed by atoms with Crippen LogP contribution in [0.4, 0.5) is 0 Å². The van der Waals surface area contributed by atoms with Crippen LogP contribution >= 0.6 is 8.03 Å². The Balaban J connectivity index is 2.27. The first-order chi connectivity index (χ1) is 5.09. The first-order valence-electron chi connectivity index (χ1n) is 3.15. The van der Waals surface area contributed by atoms with Gasteiger partial charge in [-0.1, -0.05) is 6.58 Å². The van der Waals surface area contributed by atoms with E-state index in [4.69, 9.17) is 0 Å².